The summed E-state index contributed by atoms with van der Waals surface area (Å²) in [6, 6.07) is 0. The van der Waals surface area contributed by atoms with E-state index in [-0.39, 0.29) is 12.7 Å². The largest absolute Gasteiger partial charge is 0.396 e. The molecule has 8 N–H and O–H groups in total. The molecule has 0 radical (unpaired) electrons. The quantitative estimate of drug-likeness (QED) is 0.127. The summed E-state index contributed by atoms with van der Waals surface area (Å²) in [6.07, 6.45) is 2.02. The number of aliphatic hydroxyl groups excluding tert-OH is 2. The number of rotatable bonds is 4. The van der Waals surface area contributed by atoms with Gasteiger partial charge in [-0.2, -0.15) is 10.2 Å². The van der Waals surface area contributed by atoms with Crippen LogP contribution in [0, 0.1) is 11.1 Å². The molecule has 0 aliphatic heterocycles. The fraction of sp³-hybridized carbons (Fsp3) is 0.667. The third-order valence-corrected chi connectivity index (χ3v) is 0.796. The molecular weight excluding hydrogens is 216 g/mol. The van der Waals surface area contributed by atoms with Gasteiger partial charge in [0, 0.05) is 6.61 Å². The van der Waals surface area contributed by atoms with E-state index in [0.29, 0.717) is 6.42 Å². The van der Waals surface area contributed by atoms with Crippen molar-refractivity contribution in [3.8, 4) is 0 Å². The summed E-state index contributed by atoms with van der Waals surface area (Å²) in [7, 11) is 0. The SMILES string of the molecule is CC(O)CCO.N=NC=NN.N=NC=NN. The molecule has 0 aromatic carbocycles. The third kappa shape index (κ3) is 57.6. The maximum absolute atomic E-state index is 8.39. The average molecular weight is 234 g/mol. The van der Waals surface area contributed by atoms with E-state index in [1.165, 1.54) is 0 Å². The molecule has 0 aromatic rings. The molecule has 0 spiro atoms. The lowest BCUT2D eigenvalue weighted by molar-refractivity contribution is 0.148. The first-order valence-corrected chi connectivity index (χ1v) is 4.06. The molecular formula is C6H18N8O2. The van der Waals surface area contributed by atoms with Crippen molar-refractivity contribution < 1.29 is 10.2 Å². The molecule has 0 aliphatic carbocycles. The van der Waals surface area contributed by atoms with Crippen molar-refractivity contribution in [3.63, 3.8) is 0 Å². The monoisotopic (exact) mass is 234 g/mol. The zero-order valence-corrected chi connectivity index (χ0v) is 8.98. The molecule has 0 saturated carbocycles. The predicted octanol–water partition coefficient (Wildman–Crippen LogP) is -0.412. The normalized spacial score (nSPS) is 10.9. The Morgan fingerprint density at radius 1 is 1.19 bits per heavy atom. The lowest BCUT2D eigenvalue weighted by atomic mass is 10.3. The van der Waals surface area contributed by atoms with Crippen LogP contribution < -0.4 is 11.7 Å². The Kier molecular flexibility index (Phi) is 28.4. The van der Waals surface area contributed by atoms with Crippen LogP contribution >= 0.6 is 0 Å². The Morgan fingerprint density at radius 2 is 1.56 bits per heavy atom. The number of hydrazone groups is 2. The summed E-state index contributed by atoms with van der Waals surface area (Å²) in [5, 5.41) is 27.6. The van der Waals surface area contributed by atoms with Gasteiger partial charge in [0.2, 0.25) is 0 Å². The fourth-order valence-electron chi connectivity index (χ4n) is 0.254. The van der Waals surface area contributed by atoms with Gasteiger partial charge in [-0.25, -0.2) is 11.1 Å². The van der Waals surface area contributed by atoms with Gasteiger partial charge in [-0.1, -0.05) is 0 Å². The van der Waals surface area contributed by atoms with Crippen LogP contribution in [0.4, 0.5) is 0 Å². The van der Waals surface area contributed by atoms with Crippen LogP contribution in [0.5, 0.6) is 0 Å². The van der Waals surface area contributed by atoms with E-state index >= 15 is 0 Å². The van der Waals surface area contributed by atoms with E-state index < -0.39 is 0 Å². The lowest BCUT2D eigenvalue weighted by Crippen LogP contribution is -2.00. The molecule has 94 valence electrons. The lowest BCUT2D eigenvalue weighted by Gasteiger charge is -1.95. The molecule has 10 nitrogen and oxygen atoms in total. The van der Waals surface area contributed by atoms with E-state index in [1.54, 1.807) is 6.92 Å². The molecule has 0 bridgehead atoms. The van der Waals surface area contributed by atoms with Gasteiger partial charge < -0.3 is 21.9 Å². The van der Waals surface area contributed by atoms with E-state index in [2.05, 4.69) is 32.1 Å². The molecule has 1 atom stereocenters. The van der Waals surface area contributed by atoms with Crippen molar-refractivity contribution in [3.05, 3.63) is 0 Å². The van der Waals surface area contributed by atoms with Crippen LogP contribution in [0.2, 0.25) is 0 Å². The van der Waals surface area contributed by atoms with Crippen LogP contribution in [-0.2, 0) is 0 Å². The van der Waals surface area contributed by atoms with Gasteiger partial charge >= 0.3 is 0 Å². The summed E-state index contributed by atoms with van der Waals surface area (Å²) < 4.78 is 0. The summed E-state index contributed by atoms with van der Waals surface area (Å²) in [5.41, 5.74) is 12.0. The summed E-state index contributed by atoms with van der Waals surface area (Å²) in [5.74, 6) is 8.99. The Morgan fingerprint density at radius 3 is 1.56 bits per heavy atom. The summed E-state index contributed by atoms with van der Waals surface area (Å²) in [4.78, 5) is 0. The number of hydrogen-bond donors (Lipinski definition) is 6. The van der Waals surface area contributed by atoms with Gasteiger partial charge in [0.15, 0.2) is 12.7 Å². The van der Waals surface area contributed by atoms with Gasteiger partial charge in [0.1, 0.15) is 0 Å². The first-order valence-electron chi connectivity index (χ1n) is 4.06. The Hall–Kier alpha value is -1.94. The first kappa shape index (κ1) is 19.6. The smallest absolute Gasteiger partial charge is 0.156 e. The predicted molar refractivity (Wildman–Crippen MR) is 59.0 cm³/mol. The molecule has 0 saturated heterocycles. The van der Waals surface area contributed by atoms with Gasteiger partial charge in [-0.3, -0.25) is 0 Å². The number of nitrogens with one attached hydrogen (secondary N) is 2. The third-order valence-electron chi connectivity index (χ3n) is 0.796. The zero-order chi connectivity index (χ0) is 13.2. The zero-order valence-electron chi connectivity index (χ0n) is 8.98. The molecule has 16 heavy (non-hydrogen) atoms. The van der Waals surface area contributed by atoms with Crippen molar-refractivity contribution in [2.24, 2.45) is 32.1 Å². The van der Waals surface area contributed by atoms with Crippen molar-refractivity contribution in [2.75, 3.05) is 6.61 Å². The number of nitrogens with zero attached hydrogens (tertiary/aromatic N) is 4. The minimum atomic E-state index is -0.352. The molecule has 10 heteroatoms. The first-order chi connectivity index (χ1) is 7.60. The van der Waals surface area contributed by atoms with E-state index in [9.17, 15) is 0 Å². The number of aliphatic hydroxyl groups is 2. The van der Waals surface area contributed by atoms with E-state index in [0.717, 1.165) is 12.7 Å². The molecule has 1 unspecified atom stereocenters. The van der Waals surface area contributed by atoms with Gasteiger partial charge in [-0.15, -0.1) is 10.2 Å². The van der Waals surface area contributed by atoms with Crippen LogP contribution in [0.25, 0.3) is 0 Å². The van der Waals surface area contributed by atoms with Crippen LogP contribution in [0.3, 0.4) is 0 Å². The number of hydrogen-bond acceptors (Lipinski definition) is 8. The fourth-order valence-corrected chi connectivity index (χ4v) is 0.254. The molecule has 0 rings (SSSR count). The molecule has 0 aromatic heterocycles. The van der Waals surface area contributed by atoms with Crippen molar-refractivity contribution >= 4 is 12.7 Å². The van der Waals surface area contributed by atoms with Crippen molar-refractivity contribution in [1.82, 2.24) is 0 Å². The van der Waals surface area contributed by atoms with Gasteiger partial charge in [-0.05, 0) is 13.3 Å². The second kappa shape index (κ2) is 23.1. The second-order valence-electron chi connectivity index (χ2n) is 2.15. The highest BCUT2D eigenvalue weighted by Gasteiger charge is 1.88. The van der Waals surface area contributed by atoms with Gasteiger partial charge in [0.25, 0.3) is 0 Å². The molecule has 0 fully saturated rings. The van der Waals surface area contributed by atoms with E-state index in [4.69, 9.17) is 21.3 Å². The van der Waals surface area contributed by atoms with Gasteiger partial charge in [0.05, 0.1) is 6.10 Å². The van der Waals surface area contributed by atoms with Crippen LogP contribution in [-0.4, -0.2) is 35.6 Å². The van der Waals surface area contributed by atoms with E-state index in [1.807, 2.05) is 0 Å². The molecule has 0 amide bonds. The molecule has 0 heterocycles. The molecule has 0 aliphatic rings. The summed E-state index contributed by atoms with van der Waals surface area (Å²) in [6.45, 7) is 1.73. The highest BCUT2D eigenvalue weighted by atomic mass is 16.3. The van der Waals surface area contributed by atoms with Crippen LogP contribution in [0.15, 0.2) is 20.4 Å². The Balaban J connectivity index is -0.000000160. The maximum atomic E-state index is 8.39. The average Bonchev–Trinajstić information content (AvgIpc) is 2.21. The second-order valence-corrected chi connectivity index (χ2v) is 2.15. The topological polar surface area (TPSA) is 190 Å². The van der Waals surface area contributed by atoms with Crippen LogP contribution in [0.1, 0.15) is 13.3 Å². The minimum Gasteiger partial charge on any atom is -0.396 e. The minimum absolute atomic E-state index is 0.0810. The summed E-state index contributed by atoms with van der Waals surface area (Å²) >= 11 is 0. The Labute approximate surface area is 93.0 Å². The highest BCUT2D eigenvalue weighted by Crippen LogP contribution is 1.83. The maximum Gasteiger partial charge on any atom is 0.156 e. The van der Waals surface area contributed by atoms with Crippen molar-refractivity contribution in [2.45, 2.75) is 19.4 Å². The highest BCUT2D eigenvalue weighted by molar-refractivity contribution is 5.53. The standard InChI is InChI=1S/C4H10O2.2CH4N4/c1-4(6)2-3-5;2*2-4-1-5-3/h4-6H,2-3H2,1H3;2*1-2H,3H2. The van der Waals surface area contributed by atoms with Crippen molar-refractivity contribution in [1.29, 1.82) is 11.1 Å². The number of nitrogens with two attached hydrogens (primary N) is 2. The Bertz CT molecular complexity index is 177.